The van der Waals surface area contributed by atoms with Gasteiger partial charge in [0.25, 0.3) is 21.8 Å². The number of ether oxygens (including phenoxy) is 1. The summed E-state index contributed by atoms with van der Waals surface area (Å²) in [6.07, 6.45) is 1.37. The highest BCUT2D eigenvalue weighted by Gasteiger charge is 2.22. The van der Waals surface area contributed by atoms with Gasteiger partial charge in [0.15, 0.2) is 0 Å². The molecule has 0 unspecified atom stereocenters. The first-order valence-corrected chi connectivity index (χ1v) is 13.8. The van der Waals surface area contributed by atoms with Gasteiger partial charge in [-0.05, 0) is 88.2 Å². The zero-order chi connectivity index (χ0) is 27.1. The minimum Gasteiger partial charge on any atom is -0.456 e. The highest BCUT2D eigenvalue weighted by atomic mass is 79.9. The summed E-state index contributed by atoms with van der Waals surface area (Å²) in [7, 11) is -4.23. The average Bonchev–Trinajstić information content (AvgIpc) is 2.91. The monoisotopic (exact) mass is 610 g/mol. The van der Waals surface area contributed by atoms with E-state index in [1.165, 1.54) is 30.3 Å². The SMILES string of the molecule is O=C(NS(=O)(=O)c1ccc(Cl)cc1)/C(=C\c1ccc(Oc2ccccc2Br)cc1)NC(=O)c1ccccc1. The lowest BCUT2D eigenvalue weighted by molar-refractivity contribution is -0.116. The molecule has 0 aromatic heterocycles. The number of halogens is 2. The largest absolute Gasteiger partial charge is 0.456 e. The van der Waals surface area contributed by atoms with Crippen molar-refractivity contribution in [2.24, 2.45) is 0 Å². The molecular formula is C28H20BrClN2O5S. The lowest BCUT2D eigenvalue weighted by Gasteiger charge is -2.12. The van der Waals surface area contributed by atoms with Gasteiger partial charge in [-0.3, -0.25) is 9.59 Å². The Labute approximate surface area is 233 Å². The summed E-state index contributed by atoms with van der Waals surface area (Å²) in [6.45, 7) is 0. The molecule has 0 saturated carbocycles. The molecule has 2 amide bonds. The van der Waals surface area contributed by atoms with E-state index in [1.807, 2.05) is 22.9 Å². The molecule has 192 valence electrons. The summed E-state index contributed by atoms with van der Waals surface area (Å²) < 4.78 is 34.2. The van der Waals surface area contributed by atoms with Crippen LogP contribution in [0.5, 0.6) is 11.5 Å². The number of carbonyl (C=O) groups is 2. The average molecular weight is 612 g/mol. The summed E-state index contributed by atoms with van der Waals surface area (Å²) in [5.41, 5.74) is 0.548. The predicted octanol–water partition coefficient (Wildman–Crippen LogP) is 6.17. The summed E-state index contributed by atoms with van der Waals surface area (Å²) >= 11 is 9.27. The Balaban J connectivity index is 1.60. The Bertz CT molecular complexity index is 1590. The summed E-state index contributed by atoms with van der Waals surface area (Å²) in [5, 5.41) is 2.86. The number of rotatable bonds is 8. The quantitative estimate of drug-likeness (QED) is 0.232. The third kappa shape index (κ3) is 7.10. The number of carbonyl (C=O) groups excluding carboxylic acids is 2. The Morgan fingerprint density at radius 2 is 1.45 bits per heavy atom. The van der Waals surface area contributed by atoms with E-state index in [2.05, 4.69) is 21.2 Å². The van der Waals surface area contributed by atoms with Crippen molar-refractivity contribution in [3.8, 4) is 11.5 Å². The number of benzene rings is 4. The zero-order valence-corrected chi connectivity index (χ0v) is 22.8. The topological polar surface area (TPSA) is 102 Å². The van der Waals surface area contributed by atoms with E-state index in [0.717, 1.165) is 4.47 Å². The van der Waals surface area contributed by atoms with Gasteiger partial charge in [-0.2, -0.15) is 0 Å². The van der Waals surface area contributed by atoms with Crippen LogP contribution in [0.3, 0.4) is 0 Å². The molecule has 4 rings (SSSR count). The Morgan fingerprint density at radius 1 is 0.816 bits per heavy atom. The molecule has 0 fully saturated rings. The standard InChI is InChI=1S/C28H20BrClN2O5S/c29-24-8-4-5-9-26(24)37-22-14-10-19(11-15-22)18-25(31-27(33)20-6-2-1-3-7-20)28(34)32-38(35,36)23-16-12-21(30)13-17-23/h1-18H,(H,31,33)(H,32,34)/b25-18+. The molecule has 0 radical (unpaired) electrons. The van der Waals surface area contributed by atoms with E-state index in [1.54, 1.807) is 60.7 Å². The molecule has 38 heavy (non-hydrogen) atoms. The van der Waals surface area contributed by atoms with Crippen LogP contribution < -0.4 is 14.8 Å². The second kappa shape index (κ2) is 12.1. The van der Waals surface area contributed by atoms with E-state index >= 15 is 0 Å². The highest BCUT2D eigenvalue weighted by Crippen LogP contribution is 2.29. The van der Waals surface area contributed by atoms with Gasteiger partial charge in [0.05, 0.1) is 9.37 Å². The maximum absolute atomic E-state index is 13.1. The maximum Gasteiger partial charge on any atom is 0.281 e. The second-order valence-electron chi connectivity index (χ2n) is 7.87. The van der Waals surface area contributed by atoms with E-state index in [4.69, 9.17) is 16.3 Å². The molecule has 0 aliphatic carbocycles. The summed E-state index contributed by atoms with van der Waals surface area (Å²) in [6, 6.07) is 27.6. The van der Waals surface area contributed by atoms with Crippen molar-refractivity contribution in [3.63, 3.8) is 0 Å². The van der Waals surface area contributed by atoms with Crippen LogP contribution >= 0.6 is 27.5 Å². The number of nitrogens with one attached hydrogen (secondary N) is 2. The van der Waals surface area contributed by atoms with Crippen molar-refractivity contribution in [1.29, 1.82) is 0 Å². The van der Waals surface area contributed by atoms with Gasteiger partial charge in [-0.1, -0.05) is 54.1 Å². The van der Waals surface area contributed by atoms with Crippen LogP contribution in [0.25, 0.3) is 6.08 Å². The number of hydrogen-bond acceptors (Lipinski definition) is 5. The smallest absolute Gasteiger partial charge is 0.281 e. The van der Waals surface area contributed by atoms with Crippen molar-refractivity contribution in [1.82, 2.24) is 10.0 Å². The molecule has 0 spiro atoms. The summed E-state index contributed by atoms with van der Waals surface area (Å²) in [5.74, 6) is -0.431. The number of para-hydroxylation sites is 1. The predicted molar refractivity (Wildman–Crippen MR) is 149 cm³/mol. The van der Waals surface area contributed by atoms with Crippen molar-refractivity contribution in [2.45, 2.75) is 4.90 Å². The van der Waals surface area contributed by atoms with Crippen LogP contribution in [0.4, 0.5) is 0 Å². The maximum atomic E-state index is 13.1. The molecule has 10 heteroatoms. The first-order chi connectivity index (χ1) is 18.2. The molecule has 0 bridgehead atoms. The fourth-order valence-electron chi connectivity index (χ4n) is 3.25. The normalized spacial score (nSPS) is 11.5. The molecule has 0 saturated heterocycles. The molecule has 0 aliphatic rings. The van der Waals surface area contributed by atoms with Crippen LogP contribution in [-0.4, -0.2) is 20.2 Å². The van der Waals surface area contributed by atoms with Gasteiger partial charge < -0.3 is 10.1 Å². The van der Waals surface area contributed by atoms with Gasteiger partial charge in [-0.15, -0.1) is 0 Å². The molecule has 7 nitrogen and oxygen atoms in total. The Kier molecular flexibility index (Phi) is 8.62. The first kappa shape index (κ1) is 27.1. The van der Waals surface area contributed by atoms with Gasteiger partial charge >= 0.3 is 0 Å². The van der Waals surface area contributed by atoms with E-state index in [9.17, 15) is 18.0 Å². The van der Waals surface area contributed by atoms with Crippen molar-refractivity contribution in [2.75, 3.05) is 0 Å². The van der Waals surface area contributed by atoms with Gasteiger partial charge in [0.1, 0.15) is 17.2 Å². The minimum absolute atomic E-state index is 0.155. The van der Waals surface area contributed by atoms with Crippen LogP contribution in [0.1, 0.15) is 15.9 Å². The molecular weight excluding hydrogens is 592 g/mol. The fraction of sp³-hybridized carbons (Fsp3) is 0. The lowest BCUT2D eigenvalue weighted by atomic mass is 10.1. The lowest BCUT2D eigenvalue weighted by Crippen LogP contribution is -2.38. The van der Waals surface area contributed by atoms with Crippen molar-refractivity contribution >= 4 is 55.4 Å². The van der Waals surface area contributed by atoms with E-state index in [0.29, 0.717) is 27.6 Å². The van der Waals surface area contributed by atoms with E-state index in [-0.39, 0.29) is 10.6 Å². The van der Waals surface area contributed by atoms with Gasteiger partial charge in [0.2, 0.25) is 0 Å². The molecule has 0 heterocycles. The minimum atomic E-state index is -4.23. The highest BCUT2D eigenvalue weighted by molar-refractivity contribution is 9.10. The first-order valence-electron chi connectivity index (χ1n) is 11.1. The Morgan fingerprint density at radius 3 is 2.11 bits per heavy atom. The van der Waals surface area contributed by atoms with Crippen LogP contribution in [0, 0.1) is 0 Å². The molecule has 4 aromatic rings. The third-order valence-electron chi connectivity index (χ3n) is 5.14. The van der Waals surface area contributed by atoms with Crippen LogP contribution in [0.2, 0.25) is 5.02 Å². The van der Waals surface area contributed by atoms with Crippen LogP contribution in [-0.2, 0) is 14.8 Å². The van der Waals surface area contributed by atoms with Gasteiger partial charge in [0, 0.05) is 10.6 Å². The second-order valence-corrected chi connectivity index (χ2v) is 10.8. The summed E-state index contributed by atoms with van der Waals surface area (Å²) in [4.78, 5) is 25.7. The molecule has 4 aromatic carbocycles. The molecule has 0 aliphatic heterocycles. The Hall–Kier alpha value is -3.92. The number of sulfonamides is 1. The molecule has 2 N–H and O–H groups in total. The molecule has 0 atom stereocenters. The number of hydrogen-bond donors (Lipinski definition) is 2. The van der Waals surface area contributed by atoms with Crippen molar-refractivity contribution < 1.29 is 22.7 Å². The van der Waals surface area contributed by atoms with E-state index < -0.39 is 21.8 Å². The zero-order valence-electron chi connectivity index (χ0n) is 19.6. The van der Waals surface area contributed by atoms with Gasteiger partial charge in [-0.25, -0.2) is 13.1 Å². The van der Waals surface area contributed by atoms with Crippen molar-refractivity contribution in [3.05, 3.63) is 129 Å². The third-order valence-corrected chi connectivity index (χ3v) is 7.39. The number of amides is 2. The fourth-order valence-corrected chi connectivity index (χ4v) is 4.70. The van der Waals surface area contributed by atoms with Crippen LogP contribution in [0.15, 0.2) is 118 Å².